The molecular formula is C44H82NO7P. The minimum absolute atomic E-state index is 0.0966. The summed E-state index contributed by atoms with van der Waals surface area (Å²) in [5.41, 5.74) is 5.36. The van der Waals surface area contributed by atoms with Gasteiger partial charge in [-0.15, -0.1) is 0 Å². The van der Waals surface area contributed by atoms with Gasteiger partial charge in [0.1, 0.15) is 6.10 Å². The van der Waals surface area contributed by atoms with Crippen LogP contribution in [0.4, 0.5) is 0 Å². The fourth-order valence-electron chi connectivity index (χ4n) is 5.77. The number of nitrogens with two attached hydrogens (primary N) is 1. The highest BCUT2D eigenvalue weighted by atomic mass is 31.2. The monoisotopic (exact) mass is 768 g/mol. The van der Waals surface area contributed by atoms with Crippen LogP contribution in [0.5, 0.6) is 0 Å². The zero-order valence-corrected chi connectivity index (χ0v) is 35.1. The van der Waals surface area contributed by atoms with E-state index in [9.17, 15) is 14.3 Å². The normalized spacial score (nSPS) is 14.0. The lowest BCUT2D eigenvalue weighted by atomic mass is 10.1. The van der Waals surface area contributed by atoms with Crippen molar-refractivity contribution in [1.82, 2.24) is 0 Å². The van der Waals surface area contributed by atoms with E-state index in [1.807, 2.05) is 0 Å². The molecule has 0 bridgehead atoms. The molecule has 0 saturated carbocycles. The van der Waals surface area contributed by atoms with E-state index in [-0.39, 0.29) is 32.3 Å². The molecule has 0 heterocycles. The molecule has 0 rings (SSSR count). The predicted molar refractivity (Wildman–Crippen MR) is 224 cm³/mol. The maximum atomic E-state index is 12.5. The van der Waals surface area contributed by atoms with Gasteiger partial charge in [-0.05, 0) is 70.6 Å². The van der Waals surface area contributed by atoms with E-state index in [2.05, 4.69) is 62.5 Å². The Balaban J connectivity index is 3.95. The first-order chi connectivity index (χ1) is 25.9. The number of rotatable bonds is 41. The second kappa shape index (κ2) is 41.6. The molecule has 2 unspecified atom stereocenters. The number of phosphoric ester groups is 1. The number of carbonyl (C=O) groups excluding carboxylic acids is 1. The summed E-state index contributed by atoms with van der Waals surface area (Å²) in [5, 5.41) is 0. The van der Waals surface area contributed by atoms with Gasteiger partial charge in [0, 0.05) is 19.6 Å². The van der Waals surface area contributed by atoms with Gasteiger partial charge in [-0.25, -0.2) is 4.57 Å². The quantitative estimate of drug-likeness (QED) is 0.0273. The van der Waals surface area contributed by atoms with Gasteiger partial charge in [-0.3, -0.25) is 13.8 Å². The highest BCUT2D eigenvalue weighted by Crippen LogP contribution is 2.43. The molecule has 0 amide bonds. The van der Waals surface area contributed by atoms with Crippen LogP contribution in [0.15, 0.2) is 48.6 Å². The average Bonchev–Trinajstić information content (AvgIpc) is 3.15. The lowest BCUT2D eigenvalue weighted by Gasteiger charge is -2.20. The minimum atomic E-state index is -4.28. The number of hydrogen-bond donors (Lipinski definition) is 2. The van der Waals surface area contributed by atoms with E-state index >= 15 is 0 Å². The number of allylic oxidation sites excluding steroid dienone is 8. The fraction of sp³-hybridized carbons (Fsp3) is 0.795. The van der Waals surface area contributed by atoms with Crippen molar-refractivity contribution in [2.45, 2.75) is 193 Å². The van der Waals surface area contributed by atoms with Gasteiger partial charge in [0.2, 0.25) is 0 Å². The molecule has 2 atom stereocenters. The molecule has 0 aliphatic rings. The highest BCUT2D eigenvalue weighted by molar-refractivity contribution is 7.47. The molecule has 0 fully saturated rings. The van der Waals surface area contributed by atoms with E-state index in [4.69, 9.17) is 24.3 Å². The van der Waals surface area contributed by atoms with Gasteiger partial charge in [0.15, 0.2) is 0 Å². The summed E-state index contributed by atoms with van der Waals surface area (Å²) in [5.74, 6) is -0.345. The van der Waals surface area contributed by atoms with Crippen LogP contribution in [0.1, 0.15) is 187 Å². The van der Waals surface area contributed by atoms with Crippen molar-refractivity contribution in [3.8, 4) is 0 Å². The van der Waals surface area contributed by atoms with Gasteiger partial charge in [-0.1, -0.05) is 159 Å². The summed E-state index contributed by atoms with van der Waals surface area (Å²) in [4.78, 5) is 22.4. The summed E-state index contributed by atoms with van der Waals surface area (Å²) in [6.07, 6.45) is 48.5. The molecule has 0 saturated heterocycles. The standard InChI is InChI=1S/C44H82NO7P/c1-3-5-7-9-11-13-15-16-17-18-19-20-21-22-23-24-25-26-27-28-30-32-34-36-39-49-41-43(42-51-53(47,48)50-40-38-45)52-44(46)37-35-33-31-29-14-12-10-8-6-4-2/h8,10,15-16,18-19,21-22,43H,3-7,9,11-14,17,20,23-42,45H2,1-2H3,(H,47,48)/b10-8-,16-15-,19-18-,22-21-. The average molecular weight is 768 g/mol. The molecule has 0 aliphatic carbocycles. The van der Waals surface area contributed by atoms with Crippen molar-refractivity contribution in [3.63, 3.8) is 0 Å². The maximum Gasteiger partial charge on any atom is 0.472 e. The fourth-order valence-corrected chi connectivity index (χ4v) is 6.54. The second-order valence-electron chi connectivity index (χ2n) is 14.2. The van der Waals surface area contributed by atoms with E-state index in [0.29, 0.717) is 13.0 Å². The molecule has 53 heavy (non-hydrogen) atoms. The lowest BCUT2D eigenvalue weighted by Crippen LogP contribution is -2.28. The molecular weight excluding hydrogens is 685 g/mol. The third-order valence-electron chi connectivity index (χ3n) is 8.95. The van der Waals surface area contributed by atoms with E-state index < -0.39 is 13.9 Å². The molecule has 8 nitrogen and oxygen atoms in total. The van der Waals surface area contributed by atoms with E-state index in [1.165, 1.54) is 103 Å². The Bertz CT molecular complexity index is 952. The third-order valence-corrected chi connectivity index (χ3v) is 9.93. The van der Waals surface area contributed by atoms with Crippen molar-refractivity contribution < 1.29 is 32.8 Å². The maximum absolute atomic E-state index is 12.5. The Morgan fingerprint density at radius 3 is 1.58 bits per heavy atom. The van der Waals surface area contributed by atoms with E-state index in [0.717, 1.165) is 64.2 Å². The molecule has 0 aliphatic heterocycles. The predicted octanol–water partition coefficient (Wildman–Crippen LogP) is 12.8. The summed E-state index contributed by atoms with van der Waals surface area (Å²) in [6, 6.07) is 0. The van der Waals surface area contributed by atoms with Crippen LogP contribution in [-0.2, 0) is 27.9 Å². The van der Waals surface area contributed by atoms with Crippen LogP contribution in [0, 0.1) is 0 Å². The number of carbonyl (C=O) groups is 1. The van der Waals surface area contributed by atoms with Crippen LogP contribution in [0.2, 0.25) is 0 Å². The van der Waals surface area contributed by atoms with Crippen LogP contribution in [0.3, 0.4) is 0 Å². The van der Waals surface area contributed by atoms with Gasteiger partial charge < -0.3 is 20.1 Å². The molecule has 0 aromatic carbocycles. The molecule has 0 radical (unpaired) electrons. The van der Waals surface area contributed by atoms with Crippen molar-refractivity contribution in [1.29, 1.82) is 0 Å². The first-order valence-corrected chi connectivity index (χ1v) is 23.1. The summed E-state index contributed by atoms with van der Waals surface area (Å²) < 4.78 is 33.3. The number of hydrogen-bond acceptors (Lipinski definition) is 7. The Kier molecular flexibility index (Phi) is 40.4. The number of phosphoric acid groups is 1. The molecule has 0 aromatic rings. The Hall–Kier alpha value is -1.54. The number of unbranched alkanes of at least 4 members (excludes halogenated alkanes) is 20. The highest BCUT2D eigenvalue weighted by Gasteiger charge is 2.25. The SMILES string of the molecule is CCC/C=C\CCCCCCCC(=O)OC(COCCCCCCCCCCC/C=C\C/C=C\C/C=C\CCCCCCC)COP(=O)(O)OCCN. The molecule has 9 heteroatoms. The van der Waals surface area contributed by atoms with Crippen LogP contribution in [-0.4, -0.2) is 49.9 Å². The van der Waals surface area contributed by atoms with Gasteiger partial charge in [0.25, 0.3) is 0 Å². The lowest BCUT2D eigenvalue weighted by molar-refractivity contribution is -0.154. The van der Waals surface area contributed by atoms with Crippen molar-refractivity contribution in [2.24, 2.45) is 5.73 Å². The van der Waals surface area contributed by atoms with E-state index in [1.54, 1.807) is 0 Å². The minimum Gasteiger partial charge on any atom is -0.457 e. The molecule has 310 valence electrons. The van der Waals surface area contributed by atoms with Gasteiger partial charge in [-0.2, -0.15) is 0 Å². The smallest absolute Gasteiger partial charge is 0.457 e. The largest absolute Gasteiger partial charge is 0.472 e. The zero-order valence-electron chi connectivity index (χ0n) is 34.2. The van der Waals surface area contributed by atoms with Crippen molar-refractivity contribution in [3.05, 3.63) is 48.6 Å². The number of ether oxygens (including phenoxy) is 2. The van der Waals surface area contributed by atoms with Crippen LogP contribution < -0.4 is 5.73 Å². The second-order valence-corrected chi connectivity index (χ2v) is 15.7. The molecule has 3 N–H and O–H groups in total. The topological polar surface area (TPSA) is 117 Å². The summed E-state index contributed by atoms with van der Waals surface area (Å²) in [7, 11) is -4.28. The molecule has 0 aromatic heterocycles. The summed E-state index contributed by atoms with van der Waals surface area (Å²) in [6.45, 7) is 4.82. The molecule has 0 spiro atoms. The van der Waals surface area contributed by atoms with Crippen LogP contribution >= 0.6 is 7.82 Å². The van der Waals surface area contributed by atoms with Crippen LogP contribution in [0.25, 0.3) is 0 Å². The number of esters is 1. The van der Waals surface area contributed by atoms with Gasteiger partial charge >= 0.3 is 13.8 Å². The Labute approximate surface area is 326 Å². The first-order valence-electron chi connectivity index (χ1n) is 21.6. The first kappa shape index (κ1) is 51.5. The van der Waals surface area contributed by atoms with Crippen molar-refractivity contribution in [2.75, 3.05) is 33.0 Å². The Morgan fingerprint density at radius 2 is 1.04 bits per heavy atom. The van der Waals surface area contributed by atoms with Crippen molar-refractivity contribution >= 4 is 13.8 Å². The Morgan fingerprint density at radius 1 is 0.566 bits per heavy atom. The zero-order chi connectivity index (χ0) is 38.8. The summed E-state index contributed by atoms with van der Waals surface area (Å²) >= 11 is 0. The van der Waals surface area contributed by atoms with Gasteiger partial charge in [0.05, 0.1) is 19.8 Å². The third kappa shape index (κ3) is 41.5.